The molecule has 0 unspecified atom stereocenters. The maximum atomic E-state index is 11.6. The van der Waals surface area contributed by atoms with Crippen LogP contribution >= 0.6 is 0 Å². The Morgan fingerprint density at radius 1 is 1.39 bits per heavy atom. The molecular weight excluding hydrogens is 256 g/mol. The van der Waals surface area contributed by atoms with Gasteiger partial charge >= 0.3 is 0 Å². The molecule has 0 aliphatic carbocycles. The summed E-state index contributed by atoms with van der Waals surface area (Å²) in [4.78, 5) is 11.2. The second kappa shape index (κ2) is 6.48. The molecule has 0 aliphatic heterocycles. The van der Waals surface area contributed by atoms with Crippen LogP contribution in [0, 0.1) is 0 Å². The van der Waals surface area contributed by atoms with Crippen molar-refractivity contribution in [2.75, 3.05) is 25.0 Å². The van der Waals surface area contributed by atoms with Crippen LogP contribution in [-0.2, 0) is 14.9 Å². The summed E-state index contributed by atoms with van der Waals surface area (Å²) in [5.41, 5.74) is 0.791. The molecule has 0 spiro atoms. The van der Waals surface area contributed by atoms with Gasteiger partial charge in [0.25, 0.3) is 10.2 Å². The molecule has 0 atom stereocenters. The van der Waals surface area contributed by atoms with Crippen LogP contribution in [0.1, 0.15) is 17.3 Å². The van der Waals surface area contributed by atoms with Gasteiger partial charge in [0.15, 0.2) is 5.78 Å². The van der Waals surface area contributed by atoms with Crippen molar-refractivity contribution in [3.8, 4) is 0 Å². The summed E-state index contributed by atoms with van der Waals surface area (Å²) in [7, 11) is -2.16. The predicted octanol–water partition coefficient (Wildman–Crippen LogP) is 0.782. The fraction of sp³-hybridized carbons (Fsp3) is 0.364. The van der Waals surface area contributed by atoms with Crippen LogP contribution in [0.15, 0.2) is 24.3 Å². The molecule has 6 nitrogen and oxygen atoms in total. The summed E-state index contributed by atoms with van der Waals surface area (Å²) in [6, 6.07) is 6.29. The molecule has 0 radical (unpaired) electrons. The van der Waals surface area contributed by atoms with Crippen molar-refractivity contribution in [1.82, 2.24) is 4.72 Å². The van der Waals surface area contributed by atoms with Crippen LogP contribution in [0.4, 0.5) is 5.69 Å². The Morgan fingerprint density at radius 3 is 2.72 bits per heavy atom. The first-order valence-corrected chi connectivity index (χ1v) is 6.80. The van der Waals surface area contributed by atoms with Crippen LogP contribution in [0.5, 0.6) is 0 Å². The van der Waals surface area contributed by atoms with Gasteiger partial charge in [-0.25, -0.2) is 0 Å². The fourth-order valence-electron chi connectivity index (χ4n) is 1.27. The first-order chi connectivity index (χ1) is 8.44. The van der Waals surface area contributed by atoms with Gasteiger partial charge in [-0.2, -0.15) is 13.1 Å². The Bertz CT molecular complexity index is 514. The highest BCUT2D eigenvalue weighted by atomic mass is 32.2. The molecule has 0 fully saturated rings. The van der Waals surface area contributed by atoms with Crippen molar-refractivity contribution in [1.29, 1.82) is 0 Å². The standard InChI is InChI=1S/C11H16N2O4S/c1-9(14)10-4-3-5-11(8-10)13-18(15,16)12-6-7-17-2/h3-5,8,12-13H,6-7H2,1-2H3. The molecule has 0 saturated carbocycles. The maximum absolute atomic E-state index is 11.6. The molecular formula is C11H16N2O4S. The quantitative estimate of drug-likeness (QED) is 0.567. The van der Waals surface area contributed by atoms with E-state index in [0.29, 0.717) is 11.3 Å². The van der Waals surface area contributed by atoms with Gasteiger partial charge in [-0.3, -0.25) is 9.52 Å². The highest BCUT2D eigenvalue weighted by Crippen LogP contribution is 2.12. The summed E-state index contributed by atoms with van der Waals surface area (Å²) in [5.74, 6) is -0.122. The molecule has 2 N–H and O–H groups in total. The van der Waals surface area contributed by atoms with E-state index in [4.69, 9.17) is 4.74 Å². The molecule has 1 rings (SSSR count). The summed E-state index contributed by atoms with van der Waals surface area (Å²) in [6.45, 7) is 1.89. The first kappa shape index (κ1) is 14.6. The monoisotopic (exact) mass is 272 g/mol. The highest BCUT2D eigenvalue weighted by molar-refractivity contribution is 7.90. The van der Waals surface area contributed by atoms with Crippen molar-refractivity contribution in [3.63, 3.8) is 0 Å². The van der Waals surface area contributed by atoms with Crippen LogP contribution in [0.3, 0.4) is 0 Å². The van der Waals surface area contributed by atoms with Gasteiger partial charge in [-0.05, 0) is 19.1 Å². The van der Waals surface area contributed by atoms with Gasteiger partial charge in [0.05, 0.1) is 12.3 Å². The minimum atomic E-state index is -3.64. The Hall–Kier alpha value is -1.44. The zero-order chi connectivity index (χ0) is 13.6. The van der Waals surface area contributed by atoms with Crippen LogP contribution in [-0.4, -0.2) is 34.5 Å². The molecule has 0 heterocycles. The normalized spacial score (nSPS) is 11.2. The van der Waals surface area contributed by atoms with Gasteiger partial charge in [-0.1, -0.05) is 12.1 Å². The third-order valence-corrected chi connectivity index (χ3v) is 3.21. The third-order valence-electron chi connectivity index (χ3n) is 2.12. The van der Waals surface area contributed by atoms with E-state index < -0.39 is 10.2 Å². The van der Waals surface area contributed by atoms with Crippen molar-refractivity contribution in [3.05, 3.63) is 29.8 Å². The van der Waals surface area contributed by atoms with Crippen molar-refractivity contribution >= 4 is 21.7 Å². The fourth-order valence-corrected chi connectivity index (χ4v) is 2.13. The second-order valence-electron chi connectivity index (χ2n) is 3.63. The SMILES string of the molecule is COCCNS(=O)(=O)Nc1cccc(C(C)=O)c1. The number of ether oxygens (including phenoxy) is 1. The van der Waals surface area contributed by atoms with Gasteiger partial charge in [-0.15, -0.1) is 0 Å². The number of carbonyl (C=O) groups is 1. The second-order valence-corrected chi connectivity index (χ2v) is 5.13. The molecule has 7 heteroatoms. The number of anilines is 1. The van der Waals surface area contributed by atoms with Crippen molar-refractivity contribution < 1.29 is 17.9 Å². The molecule has 100 valence electrons. The number of hydrogen-bond donors (Lipinski definition) is 2. The summed E-state index contributed by atoms with van der Waals surface area (Å²) >= 11 is 0. The van der Waals surface area contributed by atoms with Crippen LogP contribution in [0.25, 0.3) is 0 Å². The minimum absolute atomic E-state index is 0.122. The first-order valence-electron chi connectivity index (χ1n) is 5.32. The van der Waals surface area contributed by atoms with Crippen molar-refractivity contribution in [2.45, 2.75) is 6.92 Å². The number of Topliss-reactive ketones (excluding diaryl/α,β-unsaturated/α-hetero) is 1. The lowest BCUT2D eigenvalue weighted by Crippen LogP contribution is -2.32. The number of ketones is 1. The lowest BCUT2D eigenvalue weighted by Gasteiger charge is -2.09. The van der Waals surface area contributed by atoms with Gasteiger partial charge in [0.1, 0.15) is 0 Å². The number of methoxy groups -OCH3 is 1. The minimum Gasteiger partial charge on any atom is -0.383 e. The van der Waals surface area contributed by atoms with Gasteiger partial charge in [0.2, 0.25) is 0 Å². The number of benzene rings is 1. The van der Waals surface area contributed by atoms with Crippen LogP contribution in [0.2, 0.25) is 0 Å². The molecule has 0 aliphatic rings. The number of hydrogen-bond acceptors (Lipinski definition) is 4. The number of nitrogens with one attached hydrogen (secondary N) is 2. The predicted molar refractivity (Wildman–Crippen MR) is 68.9 cm³/mol. The van der Waals surface area contributed by atoms with E-state index in [2.05, 4.69) is 9.44 Å². The smallest absolute Gasteiger partial charge is 0.299 e. The van der Waals surface area contributed by atoms with Crippen molar-refractivity contribution in [2.24, 2.45) is 0 Å². The topological polar surface area (TPSA) is 84.5 Å². The van der Waals surface area contributed by atoms with E-state index in [-0.39, 0.29) is 18.9 Å². The Kier molecular flexibility index (Phi) is 5.26. The Labute approximate surface area is 107 Å². The molecule has 0 amide bonds. The van der Waals surface area contributed by atoms with E-state index in [1.165, 1.54) is 20.1 Å². The van der Waals surface area contributed by atoms with E-state index in [1.807, 2.05) is 0 Å². The average Bonchev–Trinajstić information content (AvgIpc) is 2.28. The Balaban J connectivity index is 2.72. The van der Waals surface area contributed by atoms with Gasteiger partial charge < -0.3 is 4.74 Å². The highest BCUT2D eigenvalue weighted by Gasteiger charge is 2.09. The molecule has 1 aromatic rings. The molecule has 0 bridgehead atoms. The Morgan fingerprint density at radius 2 is 2.11 bits per heavy atom. The van der Waals surface area contributed by atoms with E-state index in [0.717, 1.165) is 0 Å². The van der Waals surface area contributed by atoms with Crippen LogP contribution < -0.4 is 9.44 Å². The molecule has 0 aromatic heterocycles. The van der Waals surface area contributed by atoms with E-state index >= 15 is 0 Å². The largest absolute Gasteiger partial charge is 0.383 e. The van der Waals surface area contributed by atoms with E-state index in [9.17, 15) is 13.2 Å². The summed E-state index contributed by atoms with van der Waals surface area (Å²) in [5, 5.41) is 0. The number of rotatable bonds is 7. The van der Waals surface area contributed by atoms with E-state index in [1.54, 1.807) is 18.2 Å². The lowest BCUT2D eigenvalue weighted by molar-refractivity contribution is 0.101. The summed E-state index contributed by atoms with van der Waals surface area (Å²) in [6.07, 6.45) is 0. The molecule has 0 saturated heterocycles. The number of carbonyl (C=O) groups excluding carboxylic acids is 1. The zero-order valence-corrected chi connectivity index (χ0v) is 11.1. The molecule has 18 heavy (non-hydrogen) atoms. The summed E-state index contributed by atoms with van der Waals surface area (Å²) < 4.78 is 32.6. The average molecular weight is 272 g/mol. The third kappa shape index (κ3) is 4.82. The zero-order valence-electron chi connectivity index (χ0n) is 10.3. The lowest BCUT2D eigenvalue weighted by atomic mass is 10.1. The van der Waals surface area contributed by atoms with Gasteiger partial charge in [0, 0.05) is 19.2 Å². The maximum Gasteiger partial charge on any atom is 0.299 e. The molecule has 1 aromatic carbocycles.